The average Bonchev–Trinajstić information content (AvgIpc) is 3.32. The van der Waals surface area contributed by atoms with Crippen LogP contribution in [0.4, 0.5) is 0 Å². The monoisotopic (exact) mass is 716 g/mol. The van der Waals surface area contributed by atoms with Crippen molar-refractivity contribution < 1.29 is 23.7 Å². The number of hydrogen-bond acceptors (Lipinski definition) is 8. The van der Waals surface area contributed by atoms with Gasteiger partial charge in [-0.15, -0.1) is 0 Å². The summed E-state index contributed by atoms with van der Waals surface area (Å²) < 4.78 is 25.2. The Morgan fingerprint density at radius 1 is 1.00 bits per heavy atom. The van der Waals surface area contributed by atoms with Gasteiger partial charge in [-0.1, -0.05) is 52.7 Å². The van der Waals surface area contributed by atoms with Crippen molar-refractivity contribution in [3.63, 3.8) is 0 Å². The molecular weight excluding hydrogens is 691 g/mol. The van der Waals surface area contributed by atoms with E-state index in [0.717, 1.165) is 11.1 Å². The number of halogens is 3. The Bertz CT molecular complexity index is 1940. The SMILES string of the molecule is CCOc1ccc([C@@H]2C(C(=O)OC)=CN=c3s/c(=C\c4ccc(OCc5ccc(Cl)cc5Cl)c(Br)c4)c(=O)n32)cc1OCC. The summed E-state index contributed by atoms with van der Waals surface area (Å²) in [4.78, 5) is 31.6. The summed E-state index contributed by atoms with van der Waals surface area (Å²) in [6.07, 6.45) is 3.23. The lowest BCUT2D eigenvalue weighted by atomic mass is 9.97. The third-order valence-electron chi connectivity index (χ3n) is 6.66. The Morgan fingerprint density at radius 3 is 2.45 bits per heavy atom. The first-order valence-corrected chi connectivity index (χ1v) is 16.0. The number of rotatable bonds is 10. The Hall–Kier alpha value is -3.57. The van der Waals surface area contributed by atoms with Crippen molar-refractivity contribution in [2.45, 2.75) is 26.5 Å². The van der Waals surface area contributed by atoms with Crippen molar-refractivity contribution in [1.82, 2.24) is 4.57 Å². The molecular formula is C32H27BrCl2N2O6S. The fourth-order valence-electron chi connectivity index (χ4n) is 4.66. The van der Waals surface area contributed by atoms with Crippen LogP contribution in [-0.4, -0.2) is 30.9 Å². The molecule has 0 aliphatic carbocycles. The summed E-state index contributed by atoms with van der Waals surface area (Å²) in [6, 6.07) is 15.3. The molecule has 3 aromatic carbocycles. The fourth-order valence-corrected chi connectivity index (χ4v) is 6.60. The van der Waals surface area contributed by atoms with Crippen LogP contribution in [-0.2, 0) is 16.1 Å². The first-order chi connectivity index (χ1) is 21.2. The third kappa shape index (κ3) is 6.73. The minimum atomic E-state index is -0.780. The van der Waals surface area contributed by atoms with Crippen molar-refractivity contribution in [1.29, 1.82) is 0 Å². The van der Waals surface area contributed by atoms with Gasteiger partial charge in [0.15, 0.2) is 16.3 Å². The Morgan fingerprint density at radius 2 is 1.75 bits per heavy atom. The van der Waals surface area contributed by atoms with Crippen molar-refractivity contribution >= 4 is 62.5 Å². The van der Waals surface area contributed by atoms with Gasteiger partial charge in [-0.2, -0.15) is 0 Å². The summed E-state index contributed by atoms with van der Waals surface area (Å²) in [5.74, 6) is 1.11. The lowest BCUT2D eigenvalue weighted by molar-refractivity contribution is -0.136. The van der Waals surface area contributed by atoms with Crippen LogP contribution in [0.15, 0.2) is 80.6 Å². The minimum absolute atomic E-state index is 0.225. The molecule has 0 N–H and O–H groups in total. The smallest absolute Gasteiger partial charge is 0.337 e. The van der Waals surface area contributed by atoms with Crippen molar-refractivity contribution in [3.05, 3.63) is 117 Å². The maximum atomic E-state index is 13.9. The second-order valence-electron chi connectivity index (χ2n) is 9.46. The van der Waals surface area contributed by atoms with E-state index >= 15 is 0 Å². The zero-order valence-electron chi connectivity index (χ0n) is 23.9. The van der Waals surface area contributed by atoms with Crippen LogP contribution in [0.2, 0.25) is 10.0 Å². The van der Waals surface area contributed by atoms with Gasteiger partial charge in [-0.05, 0) is 83.4 Å². The molecule has 5 rings (SSSR count). The quantitative estimate of drug-likeness (QED) is 0.175. The van der Waals surface area contributed by atoms with E-state index in [1.165, 1.54) is 29.2 Å². The summed E-state index contributed by atoms with van der Waals surface area (Å²) in [5, 5.41) is 1.07. The Kier molecular flexibility index (Phi) is 10.2. The number of fused-ring (bicyclic) bond motifs is 1. The third-order valence-corrected chi connectivity index (χ3v) is 8.86. The van der Waals surface area contributed by atoms with Crippen molar-refractivity contribution in [3.8, 4) is 17.2 Å². The highest BCUT2D eigenvalue weighted by Gasteiger charge is 2.31. The predicted octanol–water partition coefficient (Wildman–Crippen LogP) is 6.46. The first kappa shape index (κ1) is 31.8. The number of methoxy groups -OCH3 is 1. The Balaban J connectivity index is 1.51. The largest absolute Gasteiger partial charge is 0.490 e. The number of thiazole rings is 1. The van der Waals surface area contributed by atoms with Crippen LogP contribution in [0.3, 0.4) is 0 Å². The maximum Gasteiger partial charge on any atom is 0.337 e. The lowest BCUT2D eigenvalue weighted by Gasteiger charge is -2.23. The topological polar surface area (TPSA) is 88.4 Å². The van der Waals surface area contributed by atoms with Gasteiger partial charge in [0.25, 0.3) is 5.56 Å². The van der Waals surface area contributed by atoms with Gasteiger partial charge in [-0.3, -0.25) is 9.36 Å². The van der Waals surface area contributed by atoms with Gasteiger partial charge in [0.05, 0.1) is 40.9 Å². The van der Waals surface area contributed by atoms with Gasteiger partial charge >= 0.3 is 5.97 Å². The lowest BCUT2D eigenvalue weighted by Crippen LogP contribution is -2.39. The minimum Gasteiger partial charge on any atom is -0.490 e. The molecule has 1 aliphatic heterocycles. The van der Waals surface area contributed by atoms with Gasteiger partial charge in [0.1, 0.15) is 12.4 Å². The molecule has 2 heterocycles. The molecule has 0 unspecified atom stereocenters. The van der Waals surface area contributed by atoms with E-state index in [1.807, 2.05) is 44.2 Å². The molecule has 0 amide bonds. The first-order valence-electron chi connectivity index (χ1n) is 13.6. The second kappa shape index (κ2) is 14.0. The highest BCUT2D eigenvalue weighted by molar-refractivity contribution is 9.10. The molecule has 0 saturated carbocycles. The summed E-state index contributed by atoms with van der Waals surface area (Å²) in [5.41, 5.74) is 2.15. The second-order valence-corrected chi connectivity index (χ2v) is 12.2. The normalized spacial score (nSPS) is 14.4. The molecule has 0 fully saturated rings. The Labute approximate surface area is 275 Å². The molecule has 44 heavy (non-hydrogen) atoms. The molecule has 1 aromatic heterocycles. The molecule has 1 atom stereocenters. The molecule has 1 aliphatic rings. The van der Waals surface area contributed by atoms with Gasteiger partial charge in [-0.25, -0.2) is 9.79 Å². The average molecular weight is 718 g/mol. The van der Waals surface area contributed by atoms with Crippen LogP contribution in [0.5, 0.6) is 17.2 Å². The number of benzene rings is 3. The van der Waals surface area contributed by atoms with Crippen LogP contribution >= 0.6 is 50.5 Å². The number of nitrogens with zero attached hydrogens (tertiary/aromatic N) is 2. The van der Waals surface area contributed by atoms with E-state index in [-0.39, 0.29) is 17.7 Å². The number of esters is 1. The fraction of sp³-hybridized carbons (Fsp3) is 0.219. The molecule has 0 bridgehead atoms. The predicted molar refractivity (Wildman–Crippen MR) is 175 cm³/mol. The molecule has 0 saturated heterocycles. The van der Waals surface area contributed by atoms with Crippen LogP contribution in [0.25, 0.3) is 6.08 Å². The molecule has 12 heteroatoms. The molecule has 4 aromatic rings. The standard InChI is InChI=1S/C32H27BrCl2N2O6S/c1-4-41-26-11-8-19(14-27(26)42-5-2)29-22(31(39)40-3)16-36-32-37(29)30(38)28(44-32)13-18-6-10-25(23(33)12-18)43-17-20-7-9-21(34)15-24(20)35/h6-16,29H,4-5,17H2,1-3H3/b28-13-/t29-/m1/s1. The van der Waals surface area contributed by atoms with E-state index in [4.69, 9.17) is 42.1 Å². The van der Waals surface area contributed by atoms with Crippen molar-refractivity contribution in [2.24, 2.45) is 4.99 Å². The molecule has 0 radical (unpaired) electrons. The maximum absolute atomic E-state index is 13.9. The van der Waals surface area contributed by atoms with Crippen LogP contribution < -0.4 is 29.1 Å². The zero-order chi connectivity index (χ0) is 31.4. The highest BCUT2D eigenvalue weighted by atomic mass is 79.9. The van der Waals surface area contributed by atoms with E-state index in [9.17, 15) is 9.59 Å². The number of ether oxygens (including phenoxy) is 4. The number of carbonyl (C=O) groups is 1. The highest BCUT2D eigenvalue weighted by Crippen LogP contribution is 2.35. The van der Waals surface area contributed by atoms with Crippen LogP contribution in [0, 0.1) is 0 Å². The van der Waals surface area contributed by atoms with E-state index in [0.29, 0.717) is 59.9 Å². The molecule has 228 valence electrons. The number of aromatic nitrogens is 1. The number of carbonyl (C=O) groups excluding carboxylic acids is 1. The molecule has 0 spiro atoms. The zero-order valence-corrected chi connectivity index (χ0v) is 27.8. The summed E-state index contributed by atoms with van der Waals surface area (Å²) in [7, 11) is 1.30. The van der Waals surface area contributed by atoms with Gasteiger partial charge in [0, 0.05) is 21.8 Å². The van der Waals surface area contributed by atoms with E-state index in [1.54, 1.807) is 30.3 Å². The van der Waals surface area contributed by atoms with Crippen LogP contribution in [0.1, 0.15) is 36.6 Å². The van der Waals surface area contributed by atoms with Gasteiger partial charge < -0.3 is 18.9 Å². The van der Waals surface area contributed by atoms with E-state index in [2.05, 4.69) is 20.9 Å². The summed E-state index contributed by atoms with van der Waals surface area (Å²) >= 11 is 17.1. The van der Waals surface area contributed by atoms with E-state index < -0.39 is 12.0 Å². The molecule has 8 nitrogen and oxygen atoms in total. The summed E-state index contributed by atoms with van der Waals surface area (Å²) in [6.45, 7) is 4.89. The number of hydrogen-bond donors (Lipinski definition) is 0. The van der Waals surface area contributed by atoms with Gasteiger partial charge in [0.2, 0.25) is 0 Å². The van der Waals surface area contributed by atoms with Crippen molar-refractivity contribution in [2.75, 3.05) is 20.3 Å².